The van der Waals surface area contributed by atoms with E-state index in [9.17, 15) is 14.4 Å². The minimum Gasteiger partial charge on any atom is -0.445 e. The number of amides is 3. The fraction of sp³-hybridized carbons (Fsp3) is 0.222. The summed E-state index contributed by atoms with van der Waals surface area (Å²) >= 11 is 0. The molecule has 0 spiro atoms. The second kappa shape index (κ2) is 11.1. The minimum absolute atomic E-state index is 0.0705. The van der Waals surface area contributed by atoms with Gasteiger partial charge in [0.1, 0.15) is 12.6 Å². The first-order valence-electron chi connectivity index (χ1n) is 11.3. The number of hydrogen-bond acceptors (Lipinski definition) is 4. The van der Waals surface area contributed by atoms with Gasteiger partial charge in [-0.2, -0.15) is 0 Å². The van der Waals surface area contributed by atoms with E-state index < -0.39 is 12.1 Å². The monoisotopic (exact) mass is 457 g/mol. The Morgan fingerprint density at radius 2 is 1.53 bits per heavy atom. The molecule has 0 saturated heterocycles. The van der Waals surface area contributed by atoms with Crippen LogP contribution >= 0.6 is 0 Å². The van der Waals surface area contributed by atoms with Gasteiger partial charge in [-0.25, -0.2) is 4.79 Å². The van der Waals surface area contributed by atoms with Gasteiger partial charge in [0.05, 0.1) is 5.92 Å². The van der Waals surface area contributed by atoms with Gasteiger partial charge < -0.3 is 20.7 Å². The molecule has 0 aliphatic carbocycles. The molecule has 7 heteroatoms. The molecular formula is C27H27N3O4. The first kappa shape index (κ1) is 23.0. The molecule has 1 aliphatic rings. The summed E-state index contributed by atoms with van der Waals surface area (Å²) in [7, 11) is 0. The van der Waals surface area contributed by atoms with Crippen molar-refractivity contribution in [3.05, 3.63) is 102 Å². The zero-order valence-electron chi connectivity index (χ0n) is 18.7. The van der Waals surface area contributed by atoms with Crippen molar-refractivity contribution in [1.82, 2.24) is 10.6 Å². The van der Waals surface area contributed by atoms with Crippen molar-refractivity contribution >= 4 is 23.6 Å². The van der Waals surface area contributed by atoms with Crippen molar-refractivity contribution in [2.24, 2.45) is 0 Å². The molecule has 1 aliphatic heterocycles. The number of alkyl carbamates (subject to hydrolysis) is 1. The van der Waals surface area contributed by atoms with Crippen molar-refractivity contribution in [3.8, 4) is 0 Å². The highest BCUT2D eigenvalue weighted by molar-refractivity contribution is 6.02. The van der Waals surface area contributed by atoms with Crippen LogP contribution in [0.15, 0.2) is 84.9 Å². The average Bonchev–Trinajstić information content (AvgIpc) is 3.18. The third kappa shape index (κ3) is 6.01. The molecule has 0 radical (unpaired) electrons. The van der Waals surface area contributed by atoms with Crippen molar-refractivity contribution in [1.29, 1.82) is 0 Å². The first-order chi connectivity index (χ1) is 16.6. The van der Waals surface area contributed by atoms with Gasteiger partial charge in [-0.15, -0.1) is 0 Å². The Hall–Kier alpha value is -4.13. The molecule has 0 aromatic heterocycles. The zero-order chi connectivity index (χ0) is 23.8. The normalized spacial score (nSPS) is 15.1. The molecule has 3 aromatic rings. The summed E-state index contributed by atoms with van der Waals surface area (Å²) < 4.78 is 5.30. The van der Waals surface area contributed by atoms with Crippen molar-refractivity contribution in [2.75, 3.05) is 11.9 Å². The number of para-hydroxylation sites is 1. The predicted molar refractivity (Wildman–Crippen MR) is 129 cm³/mol. The first-order valence-corrected chi connectivity index (χ1v) is 11.3. The third-order valence-electron chi connectivity index (χ3n) is 5.75. The minimum atomic E-state index is -0.810. The topological polar surface area (TPSA) is 96.5 Å². The molecule has 0 fully saturated rings. The van der Waals surface area contributed by atoms with E-state index in [1.165, 1.54) is 0 Å². The van der Waals surface area contributed by atoms with E-state index in [1.807, 2.05) is 84.9 Å². The summed E-state index contributed by atoms with van der Waals surface area (Å²) in [5.74, 6) is -0.709. The summed E-state index contributed by atoms with van der Waals surface area (Å²) in [5, 5.41) is 8.43. The molecule has 2 atom stereocenters. The number of nitrogens with one attached hydrogen (secondary N) is 3. The SMILES string of the molecule is O=C(N[C@@H](Cc1ccccc1)C(=O)NCC[C@H]1C(=O)Nc2ccccc21)OCc1ccccc1. The highest BCUT2D eigenvalue weighted by atomic mass is 16.5. The fourth-order valence-electron chi connectivity index (χ4n) is 3.99. The van der Waals surface area contributed by atoms with Crippen LogP contribution in [-0.2, 0) is 27.4 Å². The van der Waals surface area contributed by atoms with Gasteiger partial charge in [-0.3, -0.25) is 9.59 Å². The molecular weight excluding hydrogens is 430 g/mol. The average molecular weight is 458 g/mol. The maximum Gasteiger partial charge on any atom is 0.408 e. The number of carbonyl (C=O) groups is 3. The van der Waals surface area contributed by atoms with Gasteiger partial charge in [0, 0.05) is 18.7 Å². The number of fused-ring (bicyclic) bond motifs is 1. The molecule has 34 heavy (non-hydrogen) atoms. The number of benzene rings is 3. The van der Waals surface area contributed by atoms with E-state index in [0.29, 0.717) is 19.4 Å². The lowest BCUT2D eigenvalue weighted by atomic mass is 9.97. The molecule has 3 N–H and O–H groups in total. The van der Waals surface area contributed by atoms with Gasteiger partial charge in [0.2, 0.25) is 11.8 Å². The van der Waals surface area contributed by atoms with Crippen LogP contribution in [0.1, 0.15) is 29.0 Å². The number of carbonyl (C=O) groups excluding carboxylic acids is 3. The second-order valence-electron chi connectivity index (χ2n) is 8.16. The molecule has 1 heterocycles. The van der Waals surface area contributed by atoms with Crippen LogP contribution in [0.5, 0.6) is 0 Å². The second-order valence-corrected chi connectivity index (χ2v) is 8.16. The number of hydrogen-bond donors (Lipinski definition) is 3. The maximum atomic E-state index is 13.0. The summed E-state index contributed by atoms with van der Waals surface area (Å²) in [4.78, 5) is 37.7. The predicted octanol–water partition coefficient (Wildman–Crippen LogP) is 3.77. The molecule has 0 unspecified atom stereocenters. The Kier molecular flexibility index (Phi) is 7.55. The number of rotatable bonds is 9. The summed E-state index contributed by atoms with van der Waals surface area (Å²) in [6, 6.07) is 25.5. The van der Waals surface area contributed by atoms with Crippen LogP contribution < -0.4 is 16.0 Å². The van der Waals surface area contributed by atoms with Crippen LogP contribution in [0.25, 0.3) is 0 Å². The summed E-state index contributed by atoms with van der Waals surface area (Å²) in [6.45, 7) is 0.417. The van der Waals surface area contributed by atoms with E-state index in [1.54, 1.807) is 0 Å². The van der Waals surface area contributed by atoms with Gasteiger partial charge in [0.25, 0.3) is 0 Å². The van der Waals surface area contributed by atoms with E-state index in [0.717, 1.165) is 22.4 Å². The van der Waals surface area contributed by atoms with Crippen LogP contribution in [-0.4, -0.2) is 30.5 Å². The Bertz CT molecular complexity index is 1130. The molecule has 4 rings (SSSR count). The Morgan fingerprint density at radius 3 is 2.26 bits per heavy atom. The van der Waals surface area contributed by atoms with Gasteiger partial charge in [-0.05, 0) is 29.2 Å². The lowest BCUT2D eigenvalue weighted by Gasteiger charge is -2.19. The van der Waals surface area contributed by atoms with Crippen LogP contribution in [0.4, 0.5) is 10.5 Å². The third-order valence-corrected chi connectivity index (χ3v) is 5.75. The fourth-order valence-corrected chi connectivity index (χ4v) is 3.99. The molecule has 3 aromatic carbocycles. The summed E-state index contributed by atoms with van der Waals surface area (Å²) in [6.07, 6.45) is 0.120. The molecule has 3 amide bonds. The number of ether oxygens (including phenoxy) is 1. The largest absolute Gasteiger partial charge is 0.445 e. The smallest absolute Gasteiger partial charge is 0.408 e. The lowest BCUT2D eigenvalue weighted by molar-refractivity contribution is -0.123. The Balaban J connectivity index is 1.34. The number of anilines is 1. The van der Waals surface area contributed by atoms with Crippen LogP contribution in [0.2, 0.25) is 0 Å². The molecule has 0 bridgehead atoms. The van der Waals surface area contributed by atoms with E-state index in [2.05, 4.69) is 16.0 Å². The molecule has 7 nitrogen and oxygen atoms in total. The molecule has 174 valence electrons. The van der Waals surface area contributed by atoms with E-state index >= 15 is 0 Å². The Morgan fingerprint density at radius 1 is 0.882 bits per heavy atom. The zero-order valence-corrected chi connectivity index (χ0v) is 18.7. The van der Waals surface area contributed by atoms with Gasteiger partial charge >= 0.3 is 6.09 Å². The summed E-state index contributed by atoms with van der Waals surface area (Å²) in [5.41, 5.74) is 3.52. The van der Waals surface area contributed by atoms with E-state index in [-0.39, 0.29) is 24.3 Å². The van der Waals surface area contributed by atoms with Gasteiger partial charge in [-0.1, -0.05) is 78.9 Å². The standard InChI is InChI=1S/C27H27N3O4/c31-25-22(21-13-7-8-14-23(21)29-25)15-16-28-26(32)24(17-19-9-3-1-4-10-19)30-27(33)34-18-20-11-5-2-6-12-20/h1-14,22,24H,15-18H2,(H,28,32)(H,29,31)(H,30,33)/t22-,24+/m1/s1. The van der Waals surface area contributed by atoms with Crippen LogP contribution in [0.3, 0.4) is 0 Å². The van der Waals surface area contributed by atoms with Crippen molar-refractivity contribution in [2.45, 2.75) is 31.4 Å². The highest BCUT2D eigenvalue weighted by Gasteiger charge is 2.30. The Labute approximate surface area is 198 Å². The highest BCUT2D eigenvalue weighted by Crippen LogP contribution is 2.33. The van der Waals surface area contributed by atoms with Crippen molar-refractivity contribution < 1.29 is 19.1 Å². The van der Waals surface area contributed by atoms with E-state index in [4.69, 9.17) is 4.74 Å². The van der Waals surface area contributed by atoms with Crippen LogP contribution in [0, 0.1) is 0 Å². The maximum absolute atomic E-state index is 13.0. The lowest BCUT2D eigenvalue weighted by Crippen LogP contribution is -2.48. The van der Waals surface area contributed by atoms with Crippen molar-refractivity contribution in [3.63, 3.8) is 0 Å². The molecule has 0 saturated carbocycles. The van der Waals surface area contributed by atoms with Gasteiger partial charge in [0.15, 0.2) is 0 Å². The quantitative estimate of drug-likeness (QED) is 0.456.